The molecule has 0 saturated carbocycles. The number of carbonyl (C=O) groups is 3. The molecule has 0 aromatic heterocycles. The summed E-state index contributed by atoms with van der Waals surface area (Å²) in [5.74, 6) is 0.0468. The molecule has 0 radical (unpaired) electrons. The quantitative estimate of drug-likeness (QED) is 0.407. The van der Waals surface area contributed by atoms with Crippen molar-refractivity contribution in [2.24, 2.45) is 17.8 Å². The van der Waals surface area contributed by atoms with Crippen LogP contribution >= 0.6 is 0 Å². The second-order valence-electron chi connectivity index (χ2n) is 9.79. The molecule has 1 N–H and O–H groups in total. The Morgan fingerprint density at radius 2 is 1.75 bits per heavy atom. The molecule has 0 aromatic carbocycles. The summed E-state index contributed by atoms with van der Waals surface area (Å²) < 4.78 is 5.08. The minimum atomic E-state index is -0.623. The van der Waals surface area contributed by atoms with E-state index in [9.17, 15) is 14.4 Å². The van der Waals surface area contributed by atoms with Gasteiger partial charge in [-0.1, -0.05) is 47.1 Å². The summed E-state index contributed by atoms with van der Waals surface area (Å²) in [6.45, 7) is 14.8. The van der Waals surface area contributed by atoms with E-state index < -0.39 is 6.04 Å². The molecule has 1 aliphatic heterocycles. The molecule has 4 atom stereocenters. The fourth-order valence-electron chi connectivity index (χ4n) is 4.35. The van der Waals surface area contributed by atoms with Crippen LogP contribution in [-0.4, -0.2) is 73.0 Å². The van der Waals surface area contributed by atoms with Crippen LogP contribution in [0.1, 0.15) is 67.7 Å². The van der Waals surface area contributed by atoms with Gasteiger partial charge in [0.25, 0.3) is 0 Å². The first-order chi connectivity index (χ1) is 14.9. The zero-order valence-electron chi connectivity index (χ0n) is 21.6. The molecule has 0 aromatic rings. The van der Waals surface area contributed by atoms with E-state index in [4.69, 9.17) is 4.74 Å². The third-order valence-corrected chi connectivity index (χ3v) is 6.53. The van der Waals surface area contributed by atoms with Gasteiger partial charge in [0, 0.05) is 19.2 Å². The van der Waals surface area contributed by atoms with E-state index in [0.29, 0.717) is 18.1 Å². The Hall–Kier alpha value is -1.89. The van der Waals surface area contributed by atoms with Crippen LogP contribution in [0.15, 0.2) is 11.6 Å². The summed E-state index contributed by atoms with van der Waals surface area (Å²) in [5, 5.41) is 3.04. The van der Waals surface area contributed by atoms with Gasteiger partial charge < -0.3 is 15.0 Å². The van der Waals surface area contributed by atoms with Crippen molar-refractivity contribution in [3.8, 4) is 0 Å². The van der Waals surface area contributed by atoms with Gasteiger partial charge in [-0.15, -0.1) is 0 Å². The first kappa shape index (κ1) is 28.1. The average molecular weight is 452 g/mol. The van der Waals surface area contributed by atoms with Crippen molar-refractivity contribution in [2.45, 2.75) is 85.9 Å². The first-order valence-corrected chi connectivity index (χ1v) is 12.1. The second kappa shape index (κ2) is 13.0. The summed E-state index contributed by atoms with van der Waals surface area (Å²) >= 11 is 0. The lowest BCUT2D eigenvalue weighted by Gasteiger charge is -2.38. The normalized spacial score (nSPS) is 21.9. The van der Waals surface area contributed by atoms with Crippen LogP contribution in [0.4, 0.5) is 0 Å². The molecule has 2 amide bonds. The molecular formula is C25H45N3O4. The Morgan fingerprint density at radius 1 is 1.12 bits per heavy atom. The largest absolute Gasteiger partial charge is 0.463 e. The number of ether oxygens (including phenoxy) is 1. The van der Waals surface area contributed by atoms with Crippen molar-refractivity contribution in [1.82, 2.24) is 15.1 Å². The number of piperidine rings is 1. The third kappa shape index (κ3) is 7.61. The van der Waals surface area contributed by atoms with Crippen LogP contribution in [0.25, 0.3) is 0 Å². The fourth-order valence-corrected chi connectivity index (χ4v) is 4.35. The van der Waals surface area contributed by atoms with Crippen molar-refractivity contribution < 1.29 is 19.1 Å². The van der Waals surface area contributed by atoms with Crippen molar-refractivity contribution in [3.63, 3.8) is 0 Å². The molecule has 0 aliphatic carbocycles. The SMILES string of the molecule is CCOC(=O)C(C)=C[C@H](C(C)C)N(C)C(=O)[C@@H](NC(=O)[C@H]1CC[C@@H](CC)CN1C)C(C)C. The molecule has 1 rings (SSSR count). The topological polar surface area (TPSA) is 79.0 Å². The lowest BCUT2D eigenvalue weighted by atomic mass is 9.90. The zero-order chi connectivity index (χ0) is 24.6. The Bertz CT molecular complexity index is 674. The fraction of sp³-hybridized carbons (Fsp3) is 0.800. The number of amides is 2. The summed E-state index contributed by atoms with van der Waals surface area (Å²) in [4.78, 5) is 42.4. The molecule has 0 unspecified atom stereocenters. The van der Waals surface area contributed by atoms with Crippen LogP contribution < -0.4 is 5.32 Å². The standard InChI is InChI=1S/C25H45N3O4/c1-10-19-12-13-20(27(8)15-19)23(29)26-22(17(5)6)24(30)28(9)21(16(3)4)14-18(7)25(31)32-11-2/h14,16-17,19-22H,10-13,15H2,1-9H3,(H,26,29)/t19-,20-,21-,22+/m1/s1. The number of carbonyl (C=O) groups excluding carboxylic acids is 3. The molecular weight excluding hydrogens is 406 g/mol. The molecule has 1 heterocycles. The predicted molar refractivity (Wildman–Crippen MR) is 128 cm³/mol. The highest BCUT2D eigenvalue weighted by Crippen LogP contribution is 2.24. The van der Waals surface area contributed by atoms with Crippen LogP contribution in [0.5, 0.6) is 0 Å². The summed E-state index contributed by atoms with van der Waals surface area (Å²) in [5.41, 5.74) is 0.477. The maximum atomic E-state index is 13.5. The second-order valence-corrected chi connectivity index (χ2v) is 9.79. The lowest BCUT2D eigenvalue weighted by Crippen LogP contribution is -2.58. The molecule has 1 aliphatic rings. The van der Waals surface area contributed by atoms with Crippen LogP contribution in [0.3, 0.4) is 0 Å². The highest BCUT2D eigenvalue weighted by atomic mass is 16.5. The summed E-state index contributed by atoms with van der Waals surface area (Å²) in [6.07, 6.45) is 4.75. The van der Waals surface area contributed by atoms with Gasteiger partial charge in [0.05, 0.1) is 18.7 Å². The minimum Gasteiger partial charge on any atom is -0.463 e. The molecule has 184 valence electrons. The number of nitrogens with one attached hydrogen (secondary N) is 1. The van der Waals surface area contributed by atoms with E-state index in [1.54, 1.807) is 31.9 Å². The van der Waals surface area contributed by atoms with Crippen molar-refractivity contribution in [2.75, 3.05) is 27.2 Å². The van der Waals surface area contributed by atoms with E-state index in [0.717, 1.165) is 25.8 Å². The minimum absolute atomic E-state index is 0.0610. The number of hydrogen-bond donors (Lipinski definition) is 1. The van der Waals surface area contributed by atoms with Gasteiger partial charge in [0.15, 0.2) is 0 Å². The van der Waals surface area contributed by atoms with Crippen LogP contribution in [0.2, 0.25) is 0 Å². The van der Waals surface area contributed by atoms with E-state index in [2.05, 4.69) is 17.1 Å². The Morgan fingerprint density at radius 3 is 2.22 bits per heavy atom. The van der Waals surface area contributed by atoms with Crippen molar-refractivity contribution in [3.05, 3.63) is 11.6 Å². The van der Waals surface area contributed by atoms with Gasteiger partial charge in [0.1, 0.15) is 6.04 Å². The smallest absolute Gasteiger partial charge is 0.333 e. The Balaban J connectivity index is 2.99. The molecule has 0 bridgehead atoms. The third-order valence-electron chi connectivity index (χ3n) is 6.53. The maximum Gasteiger partial charge on any atom is 0.333 e. The molecule has 32 heavy (non-hydrogen) atoms. The summed E-state index contributed by atoms with van der Waals surface area (Å²) in [6, 6.07) is -1.11. The van der Waals surface area contributed by atoms with Gasteiger partial charge in [0.2, 0.25) is 11.8 Å². The van der Waals surface area contributed by atoms with Crippen LogP contribution in [0, 0.1) is 17.8 Å². The van der Waals surface area contributed by atoms with Gasteiger partial charge in [-0.25, -0.2) is 4.79 Å². The molecule has 0 spiro atoms. The van der Waals surface area contributed by atoms with Gasteiger partial charge >= 0.3 is 5.97 Å². The number of rotatable bonds is 10. The van der Waals surface area contributed by atoms with E-state index >= 15 is 0 Å². The van der Waals surface area contributed by atoms with E-state index in [1.807, 2.05) is 34.7 Å². The highest BCUT2D eigenvalue weighted by molar-refractivity contribution is 5.91. The van der Waals surface area contributed by atoms with E-state index in [-0.39, 0.29) is 41.7 Å². The zero-order valence-corrected chi connectivity index (χ0v) is 21.6. The average Bonchev–Trinajstić information content (AvgIpc) is 2.73. The number of likely N-dealkylation sites (tertiary alicyclic amines) is 1. The van der Waals surface area contributed by atoms with Crippen LogP contribution in [-0.2, 0) is 19.1 Å². The van der Waals surface area contributed by atoms with Gasteiger partial charge in [-0.05, 0) is 51.5 Å². The Kier molecular flexibility index (Phi) is 11.4. The number of nitrogens with zero attached hydrogens (tertiary/aromatic N) is 2. The first-order valence-electron chi connectivity index (χ1n) is 12.1. The number of hydrogen-bond acceptors (Lipinski definition) is 5. The molecule has 1 saturated heterocycles. The van der Waals surface area contributed by atoms with E-state index in [1.165, 1.54) is 0 Å². The monoisotopic (exact) mass is 451 g/mol. The Labute approximate surface area is 194 Å². The number of likely N-dealkylation sites (N-methyl/N-ethyl adjacent to an activating group) is 2. The molecule has 1 fully saturated rings. The van der Waals surface area contributed by atoms with Gasteiger partial charge in [-0.2, -0.15) is 0 Å². The van der Waals surface area contributed by atoms with Crippen molar-refractivity contribution >= 4 is 17.8 Å². The maximum absolute atomic E-state index is 13.5. The summed E-state index contributed by atoms with van der Waals surface area (Å²) in [7, 11) is 3.73. The van der Waals surface area contributed by atoms with Gasteiger partial charge in [-0.3, -0.25) is 14.5 Å². The number of esters is 1. The lowest BCUT2D eigenvalue weighted by molar-refractivity contribution is -0.140. The van der Waals surface area contributed by atoms with Crippen molar-refractivity contribution in [1.29, 1.82) is 0 Å². The predicted octanol–water partition coefficient (Wildman–Crippen LogP) is 3.24. The molecule has 7 heteroatoms. The molecule has 7 nitrogen and oxygen atoms in total. The highest BCUT2D eigenvalue weighted by Gasteiger charge is 2.35.